The number of methoxy groups -OCH3 is 1. The van der Waals surface area contributed by atoms with Crippen LogP contribution in [0.3, 0.4) is 0 Å². The van der Waals surface area contributed by atoms with Crippen molar-refractivity contribution in [1.29, 1.82) is 0 Å². The van der Waals surface area contributed by atoms with E-state index in [1.54, 1.807) is 0 Å². The van der Waals surface area contributed by atoms with Gasteiger partial charge in [0, 0.05) is 0 Å². The highest BCUT2D eigenvalue weighted by Crippen LogP contribution is 2.58. The summed E-state index contributed by atoms with van der Waals surface area (Å²) < 4.78 is 10.8. The maximum Gasteiger partial charge on any atom is 0.317 e. The SMILES string of the molecule is COC(=O)C1(C2(O)CCCC2)CC2CCC1O2. The summed E-state index contributed by atoms with van der Waals surface area (Å²) in [5, 5.41) is 10.9. The third-order valence-corrected chi connectivity index (χ3v) is 5.02. The van der Waals surface area contributed by atoms with Gasteiger partial charge in [0.2, 0.25) is 0 Å². The molecule has 3 unspecified atom stereocenters. The summed E-state index contributed by atoms with van der Waals surface area (Å²) in [6, 6.07) is 0. The zero-order valence-corrected chi connectivity index (χ0v) is 10.3. The van der Waals surface area contributed by atoms with Crippen molar-refractivity contribution in [3.63, 3.8) is 0 Å². The predicted molar refractivity (Wildman–Crippen MR) is 60.4 cm³/mol. The van der Waals surface area contributed by atoms with Gasteiger partial charge < -0.3 is 14.6 Å². The molecular formula is C13H20O4. The molecular weight excluding hydrogens is 220 g/mol. The molecule has 3 fully saturated rings. The molecule has 0 amide bonds. The topological polar surface area (TPSA) is 55.8 Å². The Morgan fingerprint density at radius 2 is 2.06 bits per heavy atom. The molecule has 3 aliphatic rings. The molecule has 3 atom stereocenters. The minimum atomic E-state index is -0.903. The second-order valence-electron chi connectivity index (χ2n) is 5.73. The van der Waals surface area contributed by atoms with E-state index in [9.17, 15) is 9.90 Å². The van der Waals surface area contributed by atoms with Crippen molar-refractivity contribution < 1.29 is 19.4 Å². The number of esters is 1. The van der Waals surface area contributed by atoms with Crippen LogP contribution in [0.4, 0.5) is 0 Å². The summed E-state index contributed by atoms with van der Waals surface area (Å²) in [7, 11) is 1.41. The zero-order chi connectivity index (χ0) is 12.1. The molecule has 0 aromatic carbocycles. The third-order valence-electron chi connectivity index (χ3n) is 5.02. The van der Waals surface area contributed by atoms with Crippen LogP contribution in [0.2, 0.25) is 0 Å². The summed E-state index contributed by atoms with van der Waals surface area (Å²) in [5.74, 6) is -0.269. The van der Waals surface area contributed by atoms with E-state index in [0.29, 0.717) is 19.3 Å². The van der Waals surface area contributed by atoms with E-state index >= 15 is 0 Å². The lowest BCUT2D eigenvalue weighted by atomic mass is 9.62. The lowest BCUT2D eigenvalue weighted by molar-refractivity contribution is -0.181. The quantitative estimate of drug-likeness (QED) is 0.741. The van der Waals surface area contributed by atoms with Gasteiger partial charge in [0.1, 0.15) is 5.41 Å². The molecule has 1 saturated carbocycles. The standard InChI is InChI=1S/C13H20O4/c1-16-11(14)13(12(15)6-2-3-7-12)8-9-4-5-10(13)17-9/h9-10,15H,2-8H2,1H3. The van der Waals surface area contributed by atoms with Crippen molar-refractivity contribution in [1.82, 2.24) is 0 Å². The van der Waals surface area contributed by atoms with E-state index < -0.39 is 11.0 Å². The van der Waals surface area contributed by atoms with Gasteiger partial charge in [-0.1, -0.05) is 12.8 Å². The minimum Gasteiger partial charge on any atom is -0.468 e. The minimum absolute atomic E-state index is 0.136. The van der Waals surface area contributed by atoms with Crippen molar-refractivity contribution in [2.75, 3.05) is 7.11 Å². The number of aliphatic hydroxyl groups is 1. The first-order chi connectivity index (χ1) is 8.12. The van der Waals surface area contributed by atoms with Crippen LogP contribution in [0, 0.1) is 5.41 Å². The summed E-state index contributed by atoms with van der Waals surface area (Å²) in [5.41, 5.74) is -1.69. The first-order valence-corrected chi connectivity index (χ1v) is 6.59. The van der Waals surface area contributed by atoms with Gasteiger partial charge in [-0.25, -0.2) is 0 Å². The largest absolute Gasteiger partial charge is 0.468 e. The van der Waals surface area contributed by atoms with Gasteiger partial charge in [-0.3, -0.25) is 4.79 Å². The van der Waals surface area contributed by atoms with E-state index in [2.05, 4.69) is 0 Å². The molecule has 3 rings (SSSR count). The van der Waals surface area contributed by atoms with Crippen molar-refractivity contribution in [2.45, 2.75) is 62.8 Å². The Bertz CT molecular complexity index is 334. The molecule has 2 saturated heterocycles. The maximum atomic E-state index is 12.3. The van der Waals surface area contributed by atoms with Crippen LogP contribution in [-0.4, -0.2) is 36.0 Å². The number of hydrogen-bond donors (Lipinski definition) is 1. The van der Waals surface area contributed by atoms with Crippen molar-refractivity contribution >= 4 is 5.97 Å². The molecule has 0 aromatic heterocycles. The van der Waals surface area contributed by atoms with E-state index in [4.69, 9.17) is 9.47 Å². The Hall–Kier alpha value is -0.610. The predicted octanol–water partition coefficient (Wildman–Crippen LogP) is 1.40. The van der Waals surface area contributed by atoms with Crippen LogP contribution in [0.1, 0.15) is 44.9 Å². The number of fused-ring (bicyclic) bond motifs is 2. The summed E-state index contributed by atoms with van der Waals surface area (Å²) >= 11 is 0. The molecule has 4 nitrogen and oxygen atoms in total. The number of hydrogen-bond acceptors (Lipinski definition) is 4. The molecule has 1 aliphatic carbocycles. The van der Waals surface area contributed by atoms with Crippen LogP contribution in [0.15, 0.2) is 0 Å². The fourth-order valence-corrected chi connectivity index (χ4v) is 4.19. The zero-order valence-electron chi connectivity index (χ0n) is 10.3. The first-order valence-electron chi connectivity index (χ1n) is 6.59. The normalized spacial score (nSPS) is 42.9. The lowest BCUT2D eigenvalue weighted by Gasteiger charge is -2.44. The van der Waals surface area contributed by atoms with Gasteiger partial charge >= 0.3 is 5.97 Å². The number of rotatable bonds is 2. The molecule has 0 radical (unpaired) electrons. The monoisotopic (exact) mass is 240 g/mol. The molecule has 0 spiro atoms. The van der Waals surface area contributed by atoms with Gasteiger partial charge in [0.25, 0.3) is 0 Å². The molecule has 2 aliphatic heterocycles. The average Bonchev–Trinajstić information content (AvgIpc) is 3.02. The summed E-state index contributed by atoms with van der Waals surface area (Å²) in [4.78, 5) is 12.3. The van der Waals surface area contributed by atoms with Gasteiger partial charge in [-0.05, 0) is 32.1 Å². The Kier molecular flexibility index (Phi) is 2.49. The highest BCUT2D eigenvalue weighted by Gasteiger charge is 2.68. The van der Waals surface area contributed by atoms with Crippen LogP contribution in [0.5, 0.6) is 0 Å². The van der Waals surface area contributed by atoms with Crippen molar-refractivity contribution in [2.24, 2.45) is 5.41 Å². The van der Waals surface area contributed by atoms with Crippen LogP contribution in [0.25, 0.3) is 0 Å². The van der Waals surface area contributed by atoms with E-state index in [1.165, 1.54) is 7.11 Å². The second-order valence-corrected chi connectivity index (χ2v) is 5.73. The molecule has 96 valence electrons. The van der Waals surface area contributed by atoms with Gasteiger partial charge in [-0.15, -0.1) is 0 Å². The summed E-state index contributed by atoms with van der Waals surface area (Å²) in [6.07, 6.45) is 5.93. The molecule has 4 heteroatoms. The Morgan fingerprint density at radius 1 is 1.35 bits per heavy atom. The Morgan fingerprint density at radius 3 is 2.53 bits per heavy atom. The highest BCUT2D eigenvalue weighted by atomic mass is 16.5. The van der Waals surface area contributed by atoms with E-state index in [1.807, 2.05) is 0 Å². The fraction of sp³-hybridized carbons (Fsp3) is 0.923. The molecule has 1 N–H and O–H groups in total. The lowest BCUT2D eigenvalue weighted by Crippen LogP contribution is -2.57. The molecule has 2 heterocycles. The summed E-state index contributed by atoms with van der Waals surface area (Å²) in [6.45, 7) is 0. The van der Waals surface area contributed by atoms with E-state index in [-0.39, 0.29) is 18.2 Å². The average molecular weight is 240 g/mol. The van der Waals surface area contributed by atoms with Crippen LogP contribution < -0.4 is 0 Å². The van der Waals surface area contributed by atoms with Gasteiger partial charge in [0.15, 0.2) is 0 Å². The molecule has 17 heavy (non-hydrogen) atoms. The van der Waals surface area contributed by atoms with Crippen molar-refractivity contribution in [3.8, 4) is 0 Å². The fourth-order valence-electron chi connectivity index (χ4n) is 4.19. The second kappa shape index (κ2) is 3.69. The maximum absolute atomic E-state index is 12.3. The number of ether oxygens (including phenoxy) is 2. The first kappa shape index (κ1) is 11.5. The van der Waals surface area contributed by atoms with Gasteiger partial charge in [0.05, 0.1) is 24.9 Å². The smallest absolute Gasteiger partial charge is 0.317 e. The number of carbonyl (C=O) groups is 1. The molecule has 2 bridgehead atoms. The molecule has 0 aromatic rings. The highest BCUT2D eigenvalue weighted by molar-refractivity contribution is 5.80. The van der Waals surface area contributed by atoms with Gasteiger partial charge in [-0.2, -0.15) is 0 Å². The Balaban J connectivity index is 2.00. The number of carbonyl (C=O) groups excluding carboxylic acids is 1. The van der Waals surface area contributed by atoms with Crippen LogP contribution >= 0.6 is 0 Å². The third kappa shape index (κ3) is 1.34. The Labute approximate surface area is 101 Å². The van der Waals surface area contributed by atoms with Crippen LogP contribution in [-0.2, 0) is 14.3 Å². The van der Waals surface area contributed by atoms with E-state index in [0.717, 1.165) is 25.7 Å². The van der Waals surface area contributed by atoms with Crippen molar-refractivity contribution in [3.05, 3.63) is 0 Å².